The smallest absolute Gasteiger partial charge is 0.146 e. The van der Waals surface area contributed by atoms with E-state index in [0.717, 1.165) is 41.5 Å². The van der Waals surface area contributed by atoms with E-state index in [-0.39, 0.29) is 11.3 Å². The number of ether oxygens (including phenoxy) is 1. The molecular formula is C17H17F2NO. The van der Waals surface area contributed by atoms with Crippen molar-refractivity contribution in [2.45, 2.75) is 32.4 Å². The molecule has 0 unspecified atom stereocenters. The van der Waals surface area contributed by atoms with Gasteiger partial charge in [0, 0.05) is 13.0 Å². The van der Waals surface area contributed by atoms with Crippen LogP contribution < -0.4 is 10.1 Å². The molecule has 0 fully saturated rings. The van der Waals surface area contributed by atoms with Gasteiger partial charge in [0.1, 0.15) is 23.0 Å². The van der Waals surface area contributed by atoms with Gasteiger partial charge in [-0.2, -0.15) is 0 Å². The lowest BCUT2D eigenvalue weighted by Crippen LogP contribution is -2.24. The Morgan fingerprint density at radius 3 is 2.76 bits per heavy atom. The molecule has 2 aromatic rings. The van der Waals surface area contributed by atoms with Gasteiger partial charge in [-0.25, -0.2) is 8.78 Å². The third-order valence-electron chi connectivity index (χ3n) is 3.54. The van der Waals surface area contributed by atoms with Gasteiger partial charge in [0.15, 0.2) is 0 Å². The summed E-state index contributed by atoms with van der Waals surface area (Å²) in [7, 11) is 0. The highest BCUT2D eigenvalue weighted by Gasteiger charge is 2.29. The van der Waals surface area contributed by atoms with Crippen molar-refractivity contribution in [3.05, 3.63) is 59.2 Å². The summed E-state index contributed by atoms with van der Waals surface area (Å²) < 4.78 is 32.5. The molecule has 0 aromatic heterocycles. The molecule has 0 bridgehead atoms. The minimum Gasteiger partial charge on any atom is -0.487 e. The number of nitrogens with one attached hydrogen (secondary N) is 1. The van der Waals surface area contributed by atoms with Crippen LogP contribution in [0, 0.1) is 11.6 Å². The normalized spacial score (nSPS) is 15.4. The highest BCUT2D eigenvalue weighted by atomic mass is 19.1. The SMILES string of the molecule is CC1(C)Cc2cc(CNc3cc(F)ccc3F)ccc2O1. The van der Waals surface area contributed by atoms with Gasteiger partial charge in [-0.15, -0.1) is 0 Å². The minimum atomic E-state index is -0.456. The highest BCUT2D eigenvalue weighted by molar-refractivity contribution is 5.47. The van der Waals surface area contributed by atoms with Crippen LogP contribution in [0.1, 0.15) is 25.0 Å². The standard InChI is InChI=1S/C17H17F2NO/c1-17(2)9-12-7-11(3-6-16(12)21-17)10-20-15-8-13(18)4-5-14(15)19/h3-8,20H,9-10H2,1-2H3. The second-order valence-electron chi connectivity index (χ2n) is 5.96. The van der Waals surface area contributed by atoms with Crippen LogP contribution in [-0.2, 0) is 13.0 Å². The first-order chi connectivity index (χ1) is 9.93. The van der Waals surface area contributed by atoms with Crippen LogP contribution in [0.2, 0.25) is 0 Å². The highest BCUT2D eigenvalue weighted by Crippen LogP contribution is 2.35. The van der Waals surface area contributed by atoms with E-state index >= 15 is 0 Å². The molecule has 0 aliphatic carbocycles. The number of hydrogen-bond acceptors (Lipinski definition) is 2. The fraction of sp³-hybridized carbons (Fsp3) is 0.294. The van der Waals surface area contributed by atoms with E-state index < -0.39 is 11.6 Å². The summed E-state index contributed by atoms with van der Waals surface area (Å²) in [4.78, 5) is 0. The zero-order valence-corrected chi connectivity index (χ0v) is 12.0. The molecular weight excluding hydrogens is 272 g/mol. The lowest BCUT2D eigenvalue weighted by molar-refractivity contribution is 0.138. The maximum Gasteiger partial charge on any atom is 0.146 e. The van der Waals surface area contributed by atoms with Crippen molar-refractivity contribution in [3.63, 3.8) is 0 Å². The van der Waals surface area contributed by atoms with Crippen molar-refractivity contribution in [2.75, 3.05) is 5.32 Å². The van der Waals surface area contributed by atoms with E-state index in [9.17, 15) is 8.78 Å². The van der Waals surface area contributed by atoms with E-state index in [1.807, 2.05) is 32.0 Å². The van der Waals surface area contributed by atoms with Gasteiger partial charge in [0.05, 0.1) is 5.69 Å². The summed E-state index contributed by atoms with van der Waals surface area (Å²) >= 11 is 0. The van der Waals surface area contributed by atoms with Crippen LogP contribution in [-0.4, -0.2) is 5.60 Å². The molecule has 0 saturated carbocycles. The molecule has 4 heteroatoms. The van der Waals surface area contributed by atoms with Gasteiger partial charge in [0.25, 0.3) is 0 Å². The van der Waals surface area contributed by atoms with Crippen LogP contribution in [0.4, 0.5) is 14.5 Å². The molecule has 0 atom stereocenters. The minimum absolute atomic E-state index is 0.173. The fourth-order valence-electron chi connectivity index (χ4n) is 2.60. The van der Waals surface area contributed by atoms with E-state index in [1.54, 1.807) is 0 Å². The van der Waals surface area contributed by atoms with Crippen molar-refractivity contribution >= 4 is 5.69 Å². The summed E-state index contributed by atoms with van der Waals surface area (Å²) in [6, 6.07) is 9.31. The number of halogens is 2. The Hall–Kier alpha value is -2.10. The molecule has 110 valence electrons. The Morgan fingerprint density at radius 2 is 1.95 bits per heavy atom. The van der Waals surface area contributed by atoms with Gasteiger partial charge >= 0.3 is 0 Å². The van der Waals surface area contributed by atoms with E-state index in [0.29, 0.717) is 6.54 Å². The Kier molecular flexibility index (Phi) is 3.32. The van der Waals surface area contributed by atoms with Crippen LogP contribution in [0.15, 0.2) is 36.4 Å². The summed E-state index contributed by atoms with van der Waals surface area (Å²) in [6.45, 7) is 4.54. The fourth-order valence-corrected chi connectivity index (χ4v) is 2.60. The molecule has 21 heavy (non-hydrogen) atoms. The second-order valence-corrected chi connectivity index (χ2v) is 5.96. The number of anilines is 1. The van der Waals surface area contributed by atoms with E-state index in [1.165, 1.54) is 0 Å². The van der Waals surface area contributed by atoms with Crippen molar-refractivity contribution in [1.82, 2.24) is 0 Å². The molecule has 0 saturated heterocycles. The average molecular weight is 289 g/mol. The second kappa shape index (κ2) is 5.02. The molecule has 2 nitrogen and oxygen atoms in total. The van der Waals surface area contributed by atoms with Crippen molar-refractivity contribution in [3.8, 4) is 5.75 Å². The quantitative estimate of drug-likeness (QED) is 0.910. The molecule has 3 rings (SSSR count). The monoisotopic (exact) mass is 289 g/mol. The zero-order valence-electron chi connectivity index (χ0n) is 12.0. The number of hydrogen-bond donors (Lipinski definition) is 1. The molecule has 0 amide bonds. The molecule has 1 N–H and O–H groups in total. The zero-order chi connectivity index (χ0) is 15.0. The largest absolute Gasteiger partial charge is 0.487 e. The summed E-state index contributed by atoms with van der Waals surface area (Å²) in [6.07, 6.45) is 0.852. The van der Waals surface area contributed by atoms with E-state index in [2.05, 4.69) is 5.32 Å². The summed E-state index contributed by atoms with van der Waals surface area (Å²) in [5, 5.41) is 2.93. The summed E-state index contributed by atoms with van der Waals surface area (Å²) in [5.74, 6) is -0.00860. The Labute approximate surface area is 122 Å². The maximum atomic E-state index is 13.5. The number of rotatable bonds is 3. The topological polar surface area (TPSA) is 21.3 Å². The van der Waals surface area contributed by atoms with Gasteiger partial charge in [-0.1, -0.05) is 12.1 Å². The third-order valence-corrected chi connectivity index (χ3v) is 3.54. The van der Waals surface area contributed by atoms with Gasteiger partial charge in [-0.05, 0) is 49.2 Å². The van der Waals surface area contributed by atoms with Crippen LogP contribution in [0.25, 0.3) is 0 Å². The van der Waals surface area contributed by atoms with E-state index in [4.69, 9.17) is 4.74 Å². The van der Waals surface area contributed by atoms with Crippen LogP contribution in [0.5, 0.6) is 5.75 Å². The molecule has 1 aliphatic rings. The molecule has 1 aliphatic heterocycles. The van der Waals surface area contributed by atoms with Gasteiger partial charge < -0.3 is 10.1 Å². The first-order valence-corrected chi connectivity index (χ1v) is 6.93. The van der Waals surface area contributed by atoms with Gasteiger partial charge in [-0.3, -0.25) is 0 Å². The Bertz CT molecular complexity index is 682. The van der Waals surface area contributed by atoms with Gasteiger partial charge in [0.2, 0.25) is 0 Å². The van der Waals surface area contributed by atoms with Crippen LogP contribution >= 0.6 is 0 Å². The predicted molar refractivity (Wildman–Crippen MR) is 78.5 cm³/mol. The number of fused-ring (bicyclic) bond motifs is 1. The average Bonchev–Trinajstić information content (AvgIpc) is 2.72. The summed E-state index contributed by atoms with van der Waals surface area (Å²) in [5.41, 5.74) is 2.16. The molecule has 0 spiro atoms. The molecule has 2 aromatic carbocycles. The van der Waals surface area contributed by atoms with Crippen molar-refractivity contribution in [1.29, 1.82) is 0 Å². The molecule has 1 heterocycles. The lowest BCUT2D eigenvalue weighted by Gasteiger charge is -2.16. The molecule has 0 radical (unpaired) electrons. The lowest BCUT2D eigenvalue weighted by atomic mass is 10.0. The van der Waals surface area contributed by atoms with Crippen molar-refractivity contribution < 1.29 is 13.5 Å². The van der Waals surface area contributed by atoms with Crippen molar-refractivity contribution in [2.24, 2.45) is 0 Å². The van der Waals surface area contributed by atoms with Crippen LogP contribution in [0.3, 0.4) is 0 Å². The number of benzene rings is 2. The Balaban J connectivity index is 1.74. The first-order valence-electron chi connectivity index (χ1n) is 6.93. The first kappa shape index (κ1) is 13.9. The third kappa shape index (κ3) is 2.99. The predicted octanol–water partition coefficient (Wildman–Crippen LogP) is 4.29. The maximum absolute atomic E-state index is 13.5. The Morgan fingerprint density at radius 1 is 1.14 bits per heavy atom.